The molecule has 1 atom stereocenters. The van der Waals surface area contributed by atoms with Gasteiger partial charge in [0.1, 0.15) is 5.78 Å². The summed E-state index contributed by atoms with van der Waals surface area (Å²) in [6.45, 7) is 4.58. The van der Waals surface area contributed by atoms with Gasteiger partial charge in [-0.05, 0) is 29.7 Å². The highest BCUT2D eigenvalue weighted by atomic mass is 16.6. The summed E-state index contributed by atoms with van der Waals surface area (Å²) in [4.78, 5) is 28.0. The van der Waals surface area contributed by atoms with Crippen LogP contribution in [0.2, 0.25) is 0 Å². The van der Waals surface area contributed by atoms with Crippen molar-refractivity contribution in [2.75, 3.05) is 18.0 Å². The number of aromatic nitrogens is 2. The van der Waals surface area contributed by atoms with Crippen LogP contribution in [0.1, 0.15) is 25.6 Å². The summed E-state index contributed by atoms with van der Waals surface area (Å²) in [7, 11) is 1.77. The highest BCUT2D eigenvalue weighted by Gasteiger charge is 2.32. The minimum Gasteiger partial charge on any atom is -0.358 e. The van der Waals surface area contributed by atoms with E-state index < -0.39 is 4.92 Å². The standard InChI is InChI=1S/C12H18N4O3/c1-8(17)10-5-4-6-15(7-10)12-11(16(18)19)13-9(2)14(12)3/h10H,4-7H2,1-3H3. The molecule has 1 aliphatic rings. The van der Waals surface area contributed by atoms with Crippen LogP contribution >= 0.6 is 0 Å². The molecule has 7 heteroatoms. The summed E-state index contributed by atoms with van der Waals surface area (Å²) >= 11 is 0. The van der Waals surface area contributed by atoms with Gasteiger partial charge in [0, 0.05) is 33.0 Å². The maximum absolute atomic E-state index is 11.5. The predicted octanol–water partition coefficient (Wildman–Crippen LogP) is 1.44. The van der Waals surface area contributed by atoms with E-state index >= 15 is 0 Å². The molecule has 1 aliphatic heterocycles. The van der Waals surface area contributed by atoms with Crippen LogP contribution in [0.25, 0.3) is 0 Å². The molecule has 19 heavy (non-hydrogen) atoms. The molecule has 2 heterocycles. The smallest absolute Gasteiger partial charge is 0.358 e. The number of carbonyl (C=O) groups excluding carboxylic acids is 1. The first-order valence-corrected chi connectivity index (χ1v) is 6.35. The highest BCUT2D eigenvalue weighted by molar-refractivity contribution is 5.79. The van der Waals surface area contributed by atoms with Gasteiger partial charge in [0.15, 0.2) is 0 Å². The van der Waals surface area contributed by atoms with Crippen molar-refractivity contribution in [3.63, 3.8) is 0 Å². The van der Waals surface area contributed by atoms with Crippen LogP contribution in [-0.4, -0.2) is 33.3 Å². The number of anilines is 1. The first-order chi connectivity index (χ1) is 8.91. The lowest BCUT2D eigenvalue weighted by molar-refractivity contribution is -0.388. The summed E-state index contributed by atoms with van der Waals surface area (Å²) in [5, 5.41) is 11.1. The fourth-order valence-electron chi connectivity index (χ4n) is 2.56. The van der Waals surface area contributed by atoms with Gasteiger partial charge in [-0.15, -0.1) is 0 Å². The molecule has 1 aromatic heterocycles. The molecule has 0 N–H and O–H groups in total. The van der Waals surface area contributed by atoms with E-state index in [2.05, 4.69) is 4.98 Å². The highest BCUT2D eigenvalue weighted by Crippen LogP contribution is 2.31. The van der Waals surface area contributed by atoms with Crippen LogP contribution in [-0.2, 0) is 11.8 Å². The minimum atomic E-state index is -0.459. The minimum absolute atomic E-state index is 0.0384. The molecule has 0 spiro atoms. The van der Waals surface area contributed by atoms with Crippen LogP contribution < -0.4 is 4.90 Å². The third-order valence-corrected chi connectivity index (χ3v) is 3.74. The number of nitrogens with zero attached hydrogens (tertiary/aromatic N) is 4. The third-order valence-electron chi connectivity index (χ3n) is 3.74. The van der Waals surface area contributed by atoms with Gasteiger partial charge in [-0.3, -0.25) is 9.36 Å². The Morgan fingerprint density at radius 2 is 2.21 bits per heavy atom. The average Bonchev–Trinajstić information content (AvgIpc) is 2.66. The monoisotopic (exact) mass is 266 g/mol. The lowest BCUT2D eigenvalue weighted by atomic mass is 9.95. The van der Waals surface area contributed by atoms with Gasteiger partial charge in [-0.1, -0.05) is 0 Å². The summed E-state index contributed by atoms with van der Waals surface area (Å²) in [5.41, 5.74) is 0. The third kappa shape index (κ3) is 2.45. The number of rotatable bonds is 3. The average molecular weight is 266 g/mol. The molecule has 1 fully saturated rings. The molecule has 2 rings (SSSR count). The largest absolute Gasteiger partial charge is 0.406 e. The summed E-state index contributed by atoms with van der Waals surface area (Å²) < 4.78 is 1.72. The number of aryl methyl sites for hydroxylation is 1. The number of hydrogen-bond acceptors (Lipinski definition) is 5. The fourth-order valence-corrected chi connectivity index (χ4v) is 2.56. The number of piperidine rings is 1. The summed E-state index contributed by atoms with van der Waals surface area (Å²) in [5.74, 6) is 1.10. The molecule has 0 saturated carbocycles. The fraction of sp³-hybridized carbons (Fsp3) is 0.667. The van der Waals surface area contributed by atoms with Gasteiger partial charge in [0.2, 0.25) is 11.6 Å². The Morgan fingerprint density at radius 1 is 1.53 bits per heavy atom. The van der Waals surface area contributed by atoms with Crippen LogP contribution in [0.3, 0.4) is 0 Å². The maximum Gasteiger partial charge on any atom is 0.406 e. The van der Waals surface area contributed by atoms with Crippen molar-refractivity contribution in [3.05, 3.63) is 15.9 Å². The van der Waals surface area contributed by atoms with E-state index in [1.54, 1.807) is 25.5 Å². The van der Waals surface area contributed by atoms with E-state index in [0.29, 0.717) is 18.2 Å². The van der Waals surface area contributed by atoms with E-state index in [-0.39, 0.29) is 17.5 Å². The molecule has 1 unspecified atom stereocenters. The van der Waals surface area contributed by atoms with Gasteiger partial charge >= 0.3 is 5.82 Å². The Labute approximate surface area is 111 Å². The zero-order chi connectivity index (χ0) is 14.2. The predicted molar refractivity (Wildman–Crippen MR) is 70.2 cm³/mol. The van der Waals surface area contributed by atoms with Gasteiger partial charge < -0.3 is 15.0 Å². The van der Waals surface area contributed by atoms with E-state index in [9.17, 15) is 14.9 Å². The van der Waals surface area contributed by atoms with Gasteiger partial charge in [-0.2, -0.15) is 0 Å². The van der Waals surface area contributed by atoms with Crippen LogP contribution in [0, 0.1) is 23.0 Å². The Morgan fingerprint density at radius 3 is 2.79 bits per heavy atom. The van der Waals surface area contributed by atoms with Crippen LogP contribution in [0.5, 0.6) is 0 Å². The lowest BCUT2D eigenvalue weighted by Crippen LogP contribution is -2.39. The van der Waals surface area contributed by atoms with Crippen molar-refractivity contribution >= 4 is 17.4 Å². The molecule has 0 aromatic carbocycles. The number of carbonyl (C=O) groups is 1. The Hall–Kier alpha value is -1.92. The Bertz CT molecular complexity index is 523. The number of imidazole rings is 1. The Kier molecular flexibility index (Phi) is 3.55. The molecule has 0 bridgehead atoms. The molecule has 0 amide bonds. The van der Waals surface area contributed by atoms with Crippen molar-refractivity contribution in [3.8, 4) is 0 Å². The van der Waals surface area contributed by atoms with Crippen molar-refractivity contribution in [2.45, 2.75) is 26.7 Å². The van der Waals surface area contributed by atoms with Crippen molar-refractivity contribution in [1.82, 2.24) is 9.55 Å². The van der Waals surface area contributed by atoms with Gasteiger partial charge in [-0.25, -0.2) is 0 Å². The van der Waals surface area contributed by atoms with Gasteiger partial charge in [0.05, 0.1) is 0 Å². The van der Waals surface area contributed by atoms with E-state index in [1.165, 1.54) is 0 Å². The van der Waals surface area contributed by atoms with Crippen molar-refractivity contribution < 1.29 is 9.72 Å². The van der Waals surface area contributed by atoms with E-state index in [0.717, 1.165) is 19.4 Å². The molecule has 1 saturated heterocycles. The number of ketones is 1. The maximum atomic E-state index is 11.5. The zero-order valence-corrected chi connectivity index (χ0v) is 11.4. The molecule has 1 aromatic rings. The van der Waals surface area contributed by atoms with Crippen molar-refractivity contribution in [1.29, 1.82) is 0 Å². The quantitative estimate of drug-likeness (QED) is 0.610. The number of hydrogen-bond donors (Lipinski definition) is 0. The molecule has 0 aliphatic carbocycles. The summed E-state index contributed by atoms with van der Waals surface area (Å²) in [6.07, 6.45) is 1.72. The second kappa shape index (κ2) is 4.99. The summed E-state index contributed by atoms with van der Waals surface area (Å²) in [6, 6.07) is 0. The SMILES string of the molecule is CC(=O)C1CCCN(c2c([N+](=O)[O-])nc(C)n2C)C1. The molecular weight excluding hydrogens is 248 g/mol. The van der Waals surface area contributed by atoms with E-state index in [4.69, 9.17) is 0 Å². The zero-order valence-electron chi connectivity index (χ0n) is 11.4. The second-order valence-electron chi connectivity index (χ2n) is 5.02. The second-order valence-corrected chi connectivity index (χ2v) is 5.02. The number of Topliss-reactive ketones (excluding diaryl/α,β-unsaturated/α-hetero) is 1. The number of nitro groups is 1. The molecule has 104 valence electrons. The van der Waals surface area contributed by atoms with Crippen LogP contribution in [0.4, 0.5) is 11.6 Å². The lowest BCUT2D eigenvalue weighted by Gasteiger charge is -2.32. The first kappa shape index (κ1) is 13.5. The van der Waals surface area contributed by atoms with E-state index in [1.807, 2.05) is 4.90 Å². The Balaban J connectivity index is 2.35. The molecule has 7 nitrogen and oxygen atoms in total. The normalized spacial score (nSPS) is 19.5. The molecular formula is C12H18N4O3. The molecule has 0 radical (unpaired) electrons. The first-order valence-electron chi connectivity index (χ1n) is 6.35. The topological polar surface area (TPSA) is 81.3 Å². The van der Waals surface area contributed by atoms with Gasteiger partial charge in [0.25, 0.3) is 0 Å². The van der Waals surface area contributed by atoms with Crippen molar-refractivity contribution in [2.24, 2.45) is 13.0 Å². The van der Waals surface area contributed by atoms with Crippen LogP contribution in [0.15, 0.2) is 0 Å².